The molecule has 0 bridgehead atoms. The minimum atomic E-state index is -3.59. The number of likely N-dealkylation sites (N-methyl/N-ethyl adjacent to an activating group) is 1. The SMILES string of the molecule is CCN1CCN(S(=O)(=O)c2cccc(NC(=O)COc3c(C)cccc3C)c2)CC1. The number of carbonyl (C=O) groups is 1. The molecule has 2 aromatic rings. The molecule has 8 heteroatoms. The predicted octanol–water partition coefficient (Wildman–Crippen LogP) is 2.65. The molecule has 7 nitrogen and oxygen atoms in total. The Morgan fingerprint density at radius 3 is 2.30 bits per heavy atom. The molecule has 1 heterocycles. The molecule has 1 fully saturated rings. The quantitative estimate of drug-likeness (QED) is 0.729. The van der Waals surface area contributed by atoms with Gasteiger partial charge in [-0.2, -0.15) is 4.31 Å². The van der Waals surface area contributed by atoms with Crippen molar-refractivity contribution in [3.05, 3.63) is 53.6 Å². The maximum atomic E-state index is 13.0. The first-order valence-electron chi connectivity index (χ1n) is 10.1. The number of sulfonamides is 1. The van der Waals surface area contributed by atoms with Gasteiger partial charge in [0.05, 0.1) is 4.90 Å². The van der Waals surface area contributed by atoms with Crippen LogP contribution in [0.1, 0.15) is 18.1 Å². The van der Waals surface area contributed by atoms with Crippen molar-refractivity contribution >= 4 is 21.6 Å². The fourth-order valence-corrected chi connectivity index (χ4v) is 5.00. The Morgan fingerprint density at radius 1 is 1.03 bits per heavy atom. The Balaban J connectivity index is 1.64. The van der Waals surface area contributed by atoms with Gasteiger partial charge in [0.2, 0.25) is 10.0 Å². The monoisotopic (exact) mass is 431 g/mol. The number of para-hydroxylation sites is 1. The van der Waals surface area contributed by atoms with Crippen molar-refractivity contribution in [2.24, 2.45) is 0 Å². The molecule has 0 unspecified atom stereocenters. The summed E-state index contributed by atoms with van der Waals surface area (Å²) in [5.41, 5.74) is 2.34. The number of carbonyl (C=O) groups excluding carboxylic acids is 1. The van der Waals surface area contributed by atoms with E-state index < -0.39 is 10.0 Å². The summed E-state index contributed by atoms with van der Waals surface area (Å²) in [6.45, 7) is 9.07. The Kier molecular flexibility index (Phi) is 7.12. The van der Waals surface area contributed by atoms with Crippen LogP contribution in [0.5, 0.6) is 5.75 Å². The number of hydrogen-bond donors (Lipinski definition) is 1. The molecule has 162 valence electrons. The van der Waals surface area contributed by atoms with Gasteiger partial charge in [0, 0.05) is 31.9 Å². The van der Waals surface area contributed by atoms with Gasteiger partial charge in [-0.3, -0.25) is 4.79 Å². The molecule has 1 aliphatic rings. The number of nitrogens with zero attached hydrogens (tertiary/aromatic N) is 2. The molecule has 1 aliphatic heterocycles. The third-order valence-electron chi connectivity index (χ3n) is 5.29. The molecule has 30 heavy (non-hydrogen) atoms. The minimum absolute atomic E-state index is 0.151. The minimum Gasteiger partial charge on any atom is -0.483 e. The number of ether oxygens (including phenoxy) is 1. The van der Waals surface area contributed by atoms with Gasteiger partial charge in [0.15, 0.2) is 6.61 Å². The van der Waals surface area contributed by atoms with Crippen LogP contribution in [0.25, 0.3) is 0 Å². The Bertz CT molecular complexity index is 979. The molecule has 2 aromatic carbocycles. The highest BCUT2D eigenvalue weighted by molar-refractivity contribution is 7.89. The van der Waals surface area contributed by atoms with Crippen molar-refractivity contribution in [3.63, 3.8) is 0 Å². The summed E-state index contributed by atoms with van der Waals surface area (Å²) >= 11 is 0. The zero-order valence-corrected chi connectivity index (χ0v) is 18.5. The number of rotatable bonds is 7. The van der Waals surface area contributed by atoms with Gasteiger partial charge in [-0.1, -0.05) is 31.2 Å². The first-order chi connectivity index (χ1) is 14.3. The summed E-state index contributed by atoms with van der Waals surface area (Å²) in [5, 5.41) is 2.73. The van der Waals surface area contributed by atoms with Crippen molar-refractivity contribution in [1.29, 1.82) is 0 Å². The molecule has 1 N–H and O–H groups in total. The second-order valence-corrected chi connectivity index (χ2v) is 9.36. The third kappa shape index (κ3) is 5.19. The van der Waals surface area contributed by atoms with Crippen LogP contribution in [0.4, 0.5) is 5.69 Å². The van der Waals surface area contributed by atoms with E-state index in [4.69, 9.17) is 4.74 Å². The number of nitrogens with one attached hydrogen (secondary N) is 1. The van der Waals surface area contributed by atoms with Crippen LogP contribution >= 0.6 is 0 Å². The maximum Gasteiger partial charge on any atom is 0.262 e. The third-order valence-corrected chi connectivity index (χ3v) is 7.19. The highest BCUT2D eigenvalue weighted by Crippen LogP contribution is 2.23. The predicted molar refractivity (Wildman–Crippen MR) is 117 cm³/mol. The average Bonchev–Trinajstić information content (AvgIpc) is 2.73. The van der Waals surface area contributed by atoms with Crippen molar-refractivity contribution in [2.45, 2.75) is 25.7 Å². The van der Waals surface area contributed by atoms with Crippen LogP contribution < -0.4 is 10.1 Å². The van der Waals surface area contributed by atoms with Gasteiger partial charge in [0.25, 0.3) is 5.91 Å². The second-order valence-electron chi connectivity index (χ2n) is 7.42. The standard InChI is InChI=1S/C22H29N3O4S/c1-4-24-11-13-25(14-12-24)30(27,28)20-10-6-9-19(15-20)23-21(26)16-29-22-17(2)7-5-8-18(22)3/h5-10,15H,4,11-14,16H2,1-3H3,(H,23,26). The number of benzene rings is 2. The first-order valence-corrected chi connectivity index (χ1v) is 11.6. The van der Waals surface area contributed by atoms with E-state index in [1.165, 1.54) is 10.4 Å². The lowest BCUT2D eigenvalue weighted by Gasteiger charge is -2.33. The van der Waals surface area contributed by atoms with E-state index in [0.717, 1.165) is 30.8 Å². The molecular formula is C22H29N3O4S. The van der Waals surface area contributed by atoms with Crippen LogP contribution in [0, 0.1) is 13.8 Å². The number of anilines is 1. The average molecular weight is 432 g/mol. The zero-order chi connectivity index (χ0) is 21.7. The van der Waals surface area contributed by atoms with E-state index in [0.29, 0.717) is 24.5 Å². The zero-order valence-electron chi connectivity index (χ0n) is 17.7. The van der Waals surface area contributed by atoms with Gasteiger partial charge in [-0.15, -0.1) is 0 Å². The van der Waals surface area contributed by atoms with E-state index in [1.54, 1.807) is 18.2 Å². The summed E-state index contributed by atoms with van der Waals surface area (Å²) < 4.78 is 33.1. The van der Waals surface area contributed by atoms with Crippen LogP contribution in [0.3, 0.4) is 0 Å². The van der Waals surface area contributed by atoms with Crippen molar-refractivity contribution in [1.82, 2.24) is 9.21 Å². The van der Waals surface area contributed by atoms with Crippen LogP contribution in [0.15, 0.2) is 47.4 Å². The highest BCUT2D eigenvalue weighted by Gasteiger charge is 2.28. The van der Waals surface area contributed by atoms with Crippen molar-refractivity contribution in [2.75, 3.05) is 44.6 Å². The number of hydrogen-bond acceptors (Lipinski definition) is 5. The Hall–Kier alpha value is -2.42. The number of piperazine rings is 1. The largest absolute Gasteiger partial charge is 0.483 e. The van der Waals surface area contributed by atoms with Gasteiger partial charge in [-0.25, -0.2) is 8.42 Å². The van der Waals surface area contributed by atoms with Crippen molar-refractivity contribution in [3.8, 4) is 5.75 Å². The number of aryl methyl sites for hydroxylation is 2. The fraction of sp³-hybridized carbons (Fsp3) is 0.409. The lowest BCUT2D eigenvalue weighted by atomic mass is 10.1. The van der Waals surface area contributed by atoms with Crippen molar-refractivity contribution < 1.29 is 17.9 Å². The molecule has 0 atom stereocenters. The summed E-state index contributed by atoms with van der Waals surface area (Å²) in [7, 11) is -3.59. The first kappa shape index (κ1) is 22.3. The van der Waals surface area contributed by atoms with E-state index >= 15 is 0 Å². The lowest BCUT2D eigenvalue weighted by Crippen LogP contribution is -2.48. The van der Waals surface area contributed by atoms with E-state index in [9.17, 15) is 13.2 Å². The molecule has 3 rings (SSSR count). The maximum absolute atomic E-state index is 13.0. The van der Waals surface area contributed by atoms with E-state index in [-0.39, 0.29) is 17.4 Å². The second kappa shape index (κ2) is 9.59. The summed E-state index contributed by atoms with van der Waals surface area (Å²) in [4.78, 5) is 14.7. The highest BCUT2D eigenvalue weighted by atomic mass is 32.2. The molecule has 1 amide bonds. The van der Waals surface area contributed by atoms with Gasteiger partial charge < -0.3 is 15.0 Å². The smallest absolute Gasteiger partial charge is 0.262 e. The van der Waals surface area contributed by atoms with Crippen LogP contribution in [-0.4, -0.2) is 62.9 Å². The molecule has 1 saturated heterocycles. The summed E-state index contributed by atoms with van der Waals surface area (Å²) in [6.07, 6.45) is 0. The van der Waals surface area contributed by atoms with Gasteiger partial charge in [0.1, 0.15) is 5.75 Å². The van der Waals surface area contributed by atoms with Crippen LogP contribution in [0.2, 0.25) is 0 Å². The Labute approximate surface area is 178 Å². The molecular weight excluding hydrogens is 402 g/mol. The molecule has 0 saturated carbocycles. The molecule has 0 aliphatic carbocycles. The van der Waals surface area contributed by atoms with Crippen LogP contribution in [-0.2, 0) is 14.8 Å². The normalized spacial score (nSPS) is 15.7. The fourth-order valence-electron chi connectivity index (χ4n) is 3.53. The molecule has 0 aromatic heterocycles. The summed E-state index contributed by atoms with van der Waals surface area (Å²) in [5.74, 6) is 0.346. The lowest BCUT2D eigenvalue weighted by molar-refractivity contribution is -0.118. The number of amides is 1. The van der Waals surface area contributed by atoms with E-state index in [1.807, 2.05) is 32.0 Å². The molecule has 0 radical (unpaired) electrons. The summed E-state index contributed by atoms with van der Waals surface area (Å²) in [6, 6.07) is 12.2. The topological polar surface area (TPSA) is 79.0 Å². The molecule has 0 spiro atoms. The van der Waals surface area contributed by atoms with Gasteiger partial charge in [-0.05, 0) is 49.7 Å². The Morgan fingerprint density at radius 2 is 1.67 bits per heavy atom. The van der Waals surface area contributed by atoms with E-state index in [2.05, 4.69) is 17.1 Å². The van der Waals surface area contributed by atoms with Gasteiger partial charge >= 0.3 is 0 Å².